The number of guanidine groups is 1. The highest BCUT2D eigenvalue weighted by Gasteiger charge is 2.26. The van der Waals surface area contributed by atoms with Crippen molar-refractivity contribution in [2.75, 3.05) is 25.6 Å². The number of halogens is 1. The SMILES string of the molecule is CN=C(NCCCCSC)NC1CCC(C)(C)CC1.I. The van der Waals surface area contributed by atoms with Crippen LogP contribution in [0.3, 0.4) is 0 Å². The number of hydrogen-bond donors (Lipinski definition) is 2. The molecule has 1 aliphatic rings. The Bertz CT molecular complexity index is 272. The number of nitrogens with zero attached hydrogens (tertiary/aromatic N) is 1. The summed E-state index contributed by atoms with van der Waals surface area (Å²) in [6.45, 7) is 5.78. The summed E-state index contributed by atoms with van der Waals surface area (Å²) in [4.78, 5) is 4.33. The molecule has 5 heteroatoms. The van der Waals surface area contributed by atoms with Crippen molar-refractivity contribution in [3.8, 4) is 0 Å². The molecule has 1 fully saturated rings. The van der Waals surface area contributed by atoms with Gasteiger partial charge in [0.1, 0.15) is 0 Å². The molecule has 0 aliphatic heterocycles. The average Bonchev–Trinajstić information content (AvgIpc) is 2.39. The van der Waals surface area contributed by atoms with Crippen molar-refractivity contribution in [3.05, 3.63) is 0 Å². The highest BCUT2D eigenvalue weighted by molar-refractivity contribution is 14.0. The van der Waals surface area contributed by atoms with Crippen molar-refractivity contribution in [1.82, 2.24) is 10.6 Å². The van der Waals surface area contributed by atoms with Crippen LogP contribution in [0, 0.1) is 5.41 Å². The van der Waals surface area contributed by atoms with E-state index >= 15 is 0 Å². The molecule has 3 nitrogen and oxygen atoms in total. The molecule has 20 heavy (non-hydrogen) atoms. The quantitative estimate of drug-likeness (QED) is 0.300. The van der Waals surface area contributed by atoms with Gasteiger partial charge >= 0.3 is 0 Å². The van der Waals surface area contributed by atoms with E-state index in [1.165, 1.54) is 44.3 Å². The van der Waals surface area contributed by atoms with Crippen molar-refractivity contribution >= 4 is 41.7 Å². The van der Waals surface area contributed by atoms with Crippen LogP contribution in [-0.4, -0.2) is 37.6 Å². The predicted octanol–water partition coefficient (Wildman–Crippen LogP) is 3.88. The second-order valence-electron chi connectivity index (χ2n) is 6.28. The Balaban J connectivity index is 0.00000361. The Hall–Kier alpha value is 0.350. The maximum absolute atomic E-state index is 4.33. The molecule has 2 N–H and O–H groups in total. The lowest BCUT2D eigenvalue weighted by Crippen LogP contribution is -2.45. The summed E-state index contributed by atoms with van der Waals surface area (Å²) in [5.41, 5.74) is 0.535. The monoisotopic (exact) mass is 413 g/mol. The van der Waals surface area contributed by atoms with E-state index in [4.69, 9.17) is 0 Å². The van der Waals surface area contributed by atoms with Crippen LogP contribution in [-0.2, 0) is 0 Å². The molecule has 0 radical (unpaired) electrons. The number of unbranched alkanes of at least 4 members (excludes halogenated alkanes) is 1. The van der Waals surface area contributed by atoms with Crippen LogP contribution in [0.25, 0.3) is 0 Å². The van der Waals surface area contributed by atoms with E-state index in [0.29, 0.717) is 11.5 Å². The van der Waals surface area contributed by atoms with Crippen LogP contribution in [0.2, 0.25) is 0 Å². The van der Waals surface area contributed by atoms with Gasteiger partial charge in [0.15, 0.2) is 5.96 Å². The minimum atomic E-state index is 0. The molecule has 0 aromatic heterocycles. The Morgan fingerprint density at radius 1 is 1.25 bits per heavy atom. The van der Waals surface area contributed by atoms with E-state index in [2.05, 4.69) is 35.7 Å². The van der Waals surface area contributed by atoms with E-state index in [1.807, 2.05) is 18.8 Å². The Kier molecular flexibility index (Phi) is 11.2. The van der Waals surface area contributed by atoms with Crippen LogP contribution in [0.15, 0.2) is 4.99 Å². The smallest absolute Gasteiger partial charge is 0.191 e. The second kappa shape index (κ2) is 11.0. The lowest BCUT2D eigenvalue weighted by molar-refractivity contribution is 0.216. The predicted molar refractivity (Wildman–Crippen MR) is 104 cm³/mol. The van der Waals surface area contributed by atoms with Gasteiger partial charge in [0.25, 0.3) is 0 Å². The van der Waals surface area contributed by atoms with Crippen LogP contribution in [0.5, 0.6) is 0 Å². The van der Waals surface area contributed by atoms with E-state index in [0.717, 1.165) is 12.5 Å². The summed E-state index contributed by atoms with van der Waals surface area (Å²) < 4.78 is 0. The molecule has 120 valence electrons. The van der Waals surface area contributed by atoms with E-state index in [9.17, 15) is 0 Å². The zero-order chi connectivity index (χ0) is 14.1. The molecule has 0 saturated heterocycles. The zero-order valence-electron chi connectivity index (χ0n) is 13.5. The molecule has 1 rings (SSSR count). The molecule has 0 aromatic carbocycles. The van der Waals surface area contributed by atoms with Crippen molar-refractivity contribution in [2.45, 2.75) is 58.4 Å². The molecular formula is C15H32IN3S. The molecular weight excluding hydrogens is 381 g/mol. The first-order chi connectivity index (χ1) is 9.07. The van der Waals surface area contributed by atoms with Gasteiger partial charge in [-0.25, -0.2) is 0 Å². The molecule has 0 bridgehead atoms. The first-order valence-corrected chi connectivity index (χ1v) is 8.93. The third-order valence-electron chi connectivity index (χ3n) is 3.97. The van der Waals surface area contributed by atoms with Crippen molar-refractivity contribution in [2.24, 2.45) is 10.4 Å². The maximum atomic E-state index is 4.33. The summed E-state index contributed by atoms with van der Waals surface area (Å²) in [5.74, 6) is 2.24. The van der Waals surface area contributed by atoms with Gasteiger partial charge in [-0.15, -0.1) is 24.0 Å². The van der Waals surface area contributed by atoms with Crippen LogP contribution in [0.4, 0.5) is 0 Å². The highest BCUT2D eigenvalue weighted by atomic mass is 127. The highest BCUT2D eigenvalue weighted by Crippen LogP contribution is 2.34. The second-order valence-corrected chi connectivity index (χ2v) is 7.27. The lowest BCUT2D eigenvalue weighted by atomic mass is 9.75. The summed E-state index contributed by atoms with van der Waals surface area (Å²) in [5, 5.41) is 6.99. The third-order valence-corrected chi connectivity index (χ3v) is 4.67. The first-order valence-electron chi connectivity index (χ1n) is 7.53. The minimum absolute atomic E-state index is 0. The molecule has 0 spiro atoms. The fraction of sp³-hybridized carbons (Fsp3) is 0.933. The van der Waals surface area contributed by atoms with Gasteiger partial charge < -0.3 is 10.6 Å². The fourth-order valence-electron chi connectivity index (χ4n) is 2.51. The minimum Gasteiger partial charge on any atom is -0.356 e. The third kappa shape index (κ3) is 8.60. The van der Waals surface area contributed by atoms with Gasteiger partial charge in [-0.05, 0) is 55.9 Å². The summed E-state index contributed by atoms with van der Waals surface area (Å²) in [6, 6.07) is 0.602. The zero-order valence-corrected chi connectivity index (χ0v) is 16.6. The molecule has 0 atom stereocenters. The van der Waals surface area contributed by atoms with Crippen LogP contribution >= 0.6 is 35.7 Å². The Morgan fingerprint density at radius 2 is 1.90 bits per heavy atom. The van der Waals surface area contributed by atoms with E-state index in [-0.39, 0.29) is 24.0 Å². The topological polar surface area (TPSA) is 36.4 Å². The van der Waals surface area contributed by atoms with E-state index in [1.54, 1.807) is 0 Å². The van der Waals surface area contributed by atoms with Gasteiger partial charge in [-0.3, -0.25) is 4.99 Å². The molecule has 1 aliphatic carbocycles. The Labute approximate surface area is 146 Å². The van der Waals surface area contributed by atoms with Gasteiger partial charge in [0.05, 0.1) is 0 Å². The van der Waals surface area contributed by atoms with Gasteiger partial charge in [0.2, 0.25) is 0 Å². The Morgan fingerprint density at radius 3 is 2.45 bits per heavy atom. The number of thioether (sulfide) groups is 1. The number of nitrogens with one attached hydrogen (secondary N) is 2. The summed E-state index contributed by atoms with van der Waals surface area (Å²) >= 11 is 1.92. The van der Waals surface area contributed by atoms with E-state index < -0.39 is 0 Å². The molecule has 0 unspecified atom stereocenters. The lowest BCUT2D eigenvalue weighted by Gasteiger charge is -2.35. The maximum Gasteiger partial charge on any atom is 0.191 e. The normalized spacial score (nSPS) is 19.3. The van der Waals surface area contributed by atoms with Gasteiger partial charge in [0, 0.05) is 19.6 Å². The van der Waals surface area contributed by atoms with Gasteiger partial charge in [-0.1, -0.05) is 13.8 Å². The van der Waals surface area contributed by atoms with Gasteiger partial charge in [-0.2, -0.15) is 11.8 Å². The van der Waals surface area contributed by atoms with Crippen LogP contribution in [0.1, 0.15) is 52.4 Å². The fourth-order valence-corrected chi connectivity index (χ4v) is 3.00. The van der Waals surface area contributed by atoms with Crippen LogP contribution < -0.4 is 10.6 Å². The largest absolute Gasteiger partial charge is 0.356 e. The molecule has 0 amide bonds. The van der Waals surface area contributed by atoms with Crippen molar-refractivity contribution in [3.63, 3.8) is 0 Å². The number of hydrogen-bond acceptors (Lipinski definition) is 2. The summed E-state index contributed by atoms with van der Waals surface area (Å²) in [6.07, 6.45) is 9.83. The standard InChI is InChI=1S/C15H31N3S.HI/c1-15(2)9-7-13(8-10-15)18-14(16-3)17-11-5-6-12-19-4;/h13H,5-12H2,1-4H3,(H2,16,17,18);1H. The number of aliphatic imine (C=N–C) groups is 1. The first kappa shape index (κ1) is 20.3. The summed E-state index contributed by atoms with van der Waals surface area (Å²) in [7, 11) is 1.87. The number of rotatable bonds is 6. The average molecular weight is 413 g/mol. The van der Waals surface area contributed by atoms with Crippen molar-refractivity contribution in [1.29, 1.82) is 0 Å². The molecule has 0 aromatic rings. The molecule has 1 saturated carbocycles. The van der Waals surface area contributed by atoms with Crippen molar-refractivity contribution < 1.29 is 0 Å². The molecule has 0 heterocycles.